The van der Waals surface area contributed by atoms with Crippen LogP contribution in [0.2, 0.25) is 0 Å². The summed E-state index contributed by atoms with van der Waals surface area (Å²) in [5, 5.41) is 3.72. The molecule has 0 spiro atoms. The van der Waals surface area contributed by atoms with E-state index >= 15 is 0 Å². The monoisotopic (exact) mass is 253 g/mol. The number of hydrogen-bond donors (Lipinski definition) is 1. The SMILES string of the molecule is CCNC(CC1CCC1)CC1CN(C)CCN1C. The fourth-order valence-electron chi connectivity index (χ4n) is 3.37. The van der Waals surface area contributed by atoms with Gasteiger partial charge in [-0.05, 0) is 39.4 Å². The van der Waals surface area contributed by atoms with E-state index in [-0.39, 0.29) is 0 Å². The Balaban J connectivity index is 1.81. The molecule has 2 fully saturated rings. The molecule has 0 aromatic heterocycles. The summed E-state index contributed by atoms with van der Waals surface area (Å²) in [7, 11) is 4.55. The number of likely N-dealkylation sites (N-methyl/N-ethyl adjacent to an activating group) is 2. The Kier molecular flexibility index (Phi) is 5.46. The second-order valence-electron chi connectivity index (χ2n) is 6.42. The molecule has 2 unspecified atom stereocenters. The van der Waals surface area contributed by atoms with Crippen LogP contribution in [0.1, 0.15) is 39.0 Å². The number of rotatable bonds is 6. The third-order valence-corrected chi connectivity index (χ3v) is 4.87. The summed E-state index contributed by atoms with van der Waals surface area (Å²) in [5.74, 6) is 1.01. The minimum atomic E-state index is 0.735. The molecule has 2 atom stereocenters. The van der Waals surface area contributed by atoms with Gasteiger partial charge in [-0.15, -0.1) is 0 Å². The van der Waals surface area contributed by atoms with Crippen molar-refractivity contribution in [2.45, 2.75) is 51.1 Å². The first-order valence-electron chi connectivity index (χ1n) is 7.81. The average Bonchev–Trinajstić information content (AvgIpc) is 2.28. The van der Waals surface area contributed by atoms with Gasteiger partial charge in [-0.2, -0.15) is 0 Å². The Morgan fingerprint density at radius 2 is 1.94 bits per heavy atom. The summed E-state index contributed by atoms with van der Waals surface area (Å²) < 4.78 is 0. The van der Waals surface area contributed by atoms with Gasteiger partial charge in [0, 0.05) is 31.7 Å². The van der Waals surface area contributed by atoms with E-state index in [4.69, 9.17) is 0 Å². The molecule has 2 aliphatic rings. The van der Waals surface area contributed by atoms with Crippen molar-refractivity contribution in [3.05, 3.63) is 0 Å². The van der Waals surface area contributed by atoms with Gasteiger partial charge < -0.3 is 15.1 Å². The predicted molar refractivity (Wildman–Crippen MR) is 78.0 cm³/mol. The van der Waals surface area contributed by atoms with Gasteiger partial charge in [0.05, 0.1) is 0 Å². The minimum absolute atomic E-state index is 0.735. The van der Waals surface area contributed by atoms with Crippen molar-refractivity contribution >= 4 is 0 Å². The van der Waals surface area contributed by atoms with Crippen LogP contribution in [0.15, 0.2) is 0 Å². The first kappa shape index (κ1) is 14.3. The molecule has 18 heavy (non-hydrogen) atoms. The lowest BCUT2D eigenvalue weighted by atomic mass is 9.79. The topological polar surface area (TPSA) is 18.5 Å². The van der Waals surface area contributed by atoms with Crippen LogP contribution in [0.25, 0.3) is 0 Å². The smallest absolute Gasteiger partial charge is 0.0235 e. The Bertz CT molecular complexity index is 240. The van der Waals surface area contributed by atoms with Gasteiger partial charge in [0.25, 0.3) is 0 Å². The second-order valence-corrected chi connectivity index (χ2v) is 6.42. The summed E-state index contributed by atoms with van der Waals surface area (Å²) in [6.07, 6.45) is 7.15. The maximum absolute atomic E-state index is 3.72. The van der Waals surface area contributed by atoms with E-state index < -0.39 is 0 Å². The number of hydrogen-bond acceptors (Lipinski definition) is 3. The molecule has 1 aliphatic heterocycles. The largest absolute Gasteiger partial charge is 0.314 e. The zero-order valence-electron chi connectivity index (χ0n) is 12.5. The quantitative estimate of drug-likeness (QED) is 0.778. The lowest BCUT2D eigenvalue weighted by Gasteiger charge is -2.40. The van der Waals surface area contributed by atoms with Crippen molar-refractivity contribution in [3.63, 3.8) is 0 Å². The highest BCUT2D eigenvalue weighted by Gasteiger charge is 2.27. The summed E-state index contributed by atoms with van der Waals surface area (Å²) >= 11 is 0. The van der Waals surface area contributed by atoms with E-state index in [1.165, 1.54) is 51.7 Å². The normalized spacial score (nSPS) is 29.2. The standard InChI is InChI=1S/C15H31N3/c1-4-16-14(10-13-6-5-7-13)11-15-12-17(2)8-9-18(15)3/h13-16H,4-12H2,1-3H3. The summed E-state index contributed by atoms with van der Waals surface area (Å²) in [6, 6.07) is 1.48. The van der Waals surface area contributed by atoms with Crippen molar-refractivity contribution in [1.82, 2.24) is 15.1 Å². The minimum Gasteiger partial charge on any atom is -0.314 e. The molecule has 0 radical (unpaired) electrons. The molecule has 106 valence electrons. The highest BCUT2D eigenvalue weighted by atomic mass is 15.3. The van der Waals surface area contributed by atoms with Gasteiger partial charge in [0.1, 0.15) is 0 Å². The Morgan fingerprint density at radius 1 is 1.17 bits per heavy atom. The van der Waals surface area contributed by atoms with Crippen LogP contribution in [-0.2, 0) is 0 Å². The van der Waals surface area contributed by atoms with Crippen LogP contribution in [-0.4, -0.2) is 62.2 Å². The summed E-state index contributed by atoms with van der Waals surface area (Å²) in [5.41, 5.74) is 0. The number of nitrogens with one attached hydrogen (secondary N) is 1. The van der Waals surface area contributed by atoms with E-state index in [1.807, 2.05) is 0 Å². The van der Waals surface area contributed by atoms with E-state index in [0.29, 0.717) is 0 Å². The summed E-state index contributed by atoms with van der Waals surface area (Å²) in [6.45, 7) is 7.04. The Hall–Kier alpha value is -0.120. The fourth-order valence-corrected chi connectivity index (χ4v) is 3.37. The second kappa shape index (κ2) is 6.88. The van der Waals surface area contributed by atoms with Crippen molar-refractivity contribution in [3.8, 4) is 0 Å². The average molecular weight is 253 g/mol. The molecule has 0 amide bonds. The lowest BCUT2D eigenvalue weighted by molar-refractivity contribution is 0.0960. The van der Waals surface area contributed by atoms with Crippen LogP contribution in [0.3, 0.4) is 0 Å². The highest BCUT2D eigenvalue weighted by molar-refractivity contribution is 4.85. The molecule has 0 aromatic rings. The maximum atomic E-state index is 3.72. The number of nitrogens with zero attached hydrogens (tertiary/aromatic N) is 2. The highest BCUT2D eigenvalue weighted by Crippen LogP contribution is 2.31. The predicted octanol–water partition coefficient (Wildman–Crippen LogP) is 1.79. The third kappa shape index (κ3) is 3.94. The van der Waals surface area contributed by atoms with Gasteiger partial charge >= 0.3 is 0 Å². The van der Waals surface area contributed by atoms with E-state index in [0.717, 1.165) is 24.5 Å². The molecule has 3 heteroatoms. The van der Waals surface area contributed by atoms with Gasteiger partial charge in [-0.25, -0.2) is 0 Å². The molecule has 1 saturated carbocycles. The summed E-state index contributed by atoms with van der Waals surface area (Å²) in [4.78, 5) is 5.04. The molecular weight excluding hydrogens is 222 g/mol. The fraction of sp³-hybridized carbons (Fsp3) is 1.00. The molecule has 0 bridgehead atoms. The zero-order chi connectivity index (χ0) is 13.0. The molecule has 3 nitrogen and oxygen atoms in total. The maximum Gasteiger partial charge on any atom is 0.0235 e. The van der Waals surface area contributed by atoms with E-state index in [2.05, 4.69) is 36.1 Å². The van der Waals surface area contributed by atoms with Crippen molar-refractivity contribution < 1.29 is 0 Å². The van der Waals surface area contributed by atoms with Crippen LogP contribution in [0, 0.1) is 5.92 Å². The molecular formula is C15H31N3. The van der Waals surface area contributed by atoms with Crippen molar-refractivity contribution in [2.75, 3.05) is 40.3 Å². The van der Waals surface area contributed by atoms with Crippen LogP contribution in [0.5, 0.6) is 0 Å². The van der Waals surface area contributed by atoms with Crippen molar-refractivity contribution in [2.24, 2.45) is 5.92 Å². The van der Waals surface area contributed by atoms with Crippen LogP contribution in [0.4, 0.5) is 0 Å². The first-order chi connectivity index (χ1) is 8.69. The van der Waals surface area contributed by atoms with Crippen molar-refractivity contribution in [1.29, 1.82) is 0 Å². The van der Waals surface area contributed by atoms with Crippen LogP contribution < -0.4 is 5.32 Å². The first-order valence-corrected chi connectivity index (χ1v) is 7.81. The van der Waals surface area contributed by atoms with Gasteiger partial charge in [0.2, 0.25) is 0 Å². The zero-order valence-corrected chi connectivity index (χ0v) is 12.5. The van der Waals surface area contributed by atoms with Gasteiger partial charge in [-0.1, -0.05) is 26.2 Å². The molecule has 1 saturated heterocycles. The number of piperazine rings is 1. The van der Waals surface area contributed by atoms with E-state index in [9.17, 15) is 0 Å². The van der Waals surface area contributed by atoms with Gasteiger partial charge in [0.15, 0.2) is 0 Å². The molecule has 2 rings (SSSR count). The Labute approximate surface area is 113 Å². The molecule has 0 aromatic carbocycles. The molecule has 1 heterocycles. The molecule has 1 aliphatic carbocycles. The van der Waals surface area contributed by atoms with Crippen LogP contribution >= 0.6 is 0 Å². The van der Waals surface area contributed by atoms with Gasteiger partial charge in [-0.3, -0.25) is 0 Å². The Morgan fingerprint density at radius 3 is 2.56 bits per heavy atom. The van der Waals surface area contributed by atoms with E-state index in [1.54, 1.807) is 0 Å². The third-order valence-electron chi connectivity index (χ3n) is 4.87. The lowest BCUT2D eigenvalue weighted by Crippen LogP contribution is -2.52. The molecule has 1 N–H and O–H groups in total.